The molecule has 0 aromatic carbocycles. The van der Waals surface area contributed by atoms with Crippen molar-refractivity contribution in [2.75, 3.05) is 5.32 Å². The van der Waals surface area contributed by atoms with Gasteiger partial charge in [0.2, 0.25) is 0 Å². The largest absolute Gasteiger partial charge is 0.351 e. The minimum Gasteiger partial charge on any atom is -0.351 e. The zero-order valence-electron chi connectivity index (χ0n) is 8.00. The monoisotopic (exact) mass is 209 g/mol. The Balaban J connectivity index is 3.09. The van der Waals surface area contributed by atoms with Gasteiger partial charge in [0.1, 0.15) is 11.1 Å². The topological polar surface area (TPSA) is 78.9 Å². The summed E-state index contributed by atoms with van der Waals surface area (Å²) in [6.45, 7) is 3.99. The van der Waals surface area contributed by atoms with Crippen LogP contribution in [0.15, 0.2) is 5.38 Å². The van der Waals surface area contributed by atoms with Gasteiger partial charge < -0.3 is 5.73 Å². The van der Waals surface area contributed by atoms with E-state index in [0.717, 1.165) is 5.56 Å². The summed E-state index contributed by atoms with van der Waals surface area (Å²) < 4.78 is 0. The molecule has 2 amide bonds. The number of primary amides is 1. The van der Waals surface area contributed by atoms with Crippen molar-refractivity contribution >= 4 is 22.4 Å². The fourth-order valence-electron chi connectivity index (χ4n) is 1.12. The van der Waals surface area contributed by atoms with Crippen molar-refractivity contribution in [3.05, 3.63) is 16.5 Å². The van der Waals surface area contributed by atoms with E-state index >= 15 is 0 Å². The third-order valence-corrected chi connectivity index (χ3v) is 2.70. The molecule has 1 rings (SSSR count). The average molecular weight is 209 g/mol. The van der Waals surface area contributed by atoms with Crippen LogP contribution in [-0.4, -0.2) is 6.03 Å². The Kier molecular flexibility index (Phi) is 3.10. The van der Waals surface area contributed by atoms with Crippen LogP contribution in [0.2, 0.25) is 0 Å². The van der Waals surface area contributed by atoms with Crippen molar-refractivity contribution in [3.8, 4) is 6.07 Å². The van der Waals surface area contributed by atoms with E-state index in [4.69, 9.17) is 11.0 Å². The molecule has 4 nitrogen and oxygen atoms in total. The fourth-order valence-corrected chi connectivity index (χ4v) is 2.19. The molecule has 0 spiro atoms. The van der Waals surface area contributed by atoms with E-state index < -0.39 is 6.03 Å². The number of carbonyl (C=O) groups excluding carboxylic acids is 1. The van der Waals surface area contributed by atoms with Gasteiger partial charge in [0.15, 0.2) is 0 Å². The molecule has 74 valence electrons. The van der Waals surface area contributed by atoms with Crippen LogP contribution in [0.25, 0.3) is 0 Å². The zero-order valence-corrected chi connectivity index (χ0v) is 8.81. The molecule has 0 aliphatic heterocycles. The van der Waals surface area contributed by atoms with Gasteiger partial charge >= 0.3 is 6.03 Å². The summed E-state index contributed by atoms with van der Waals surface area (Å²) >= 11 is 1.32. The highest BCUT2D eigenvalue weighted by Gasteiger charge is 2.14. The van der Waals surface area contributed by atoms with Crippen LogP contribution >= 0.6 is 11.3 Å². The molecule has 1 aromatic heterocycles. The SMILES string of the molecule is CC(C)c1csc(NC(N)=O)c1C#N. The maximum absolute atomic E-state index is 10.6. The standard InChI is InChI=1S/C9H11N3OS/c1-5(2)7-4-14-8(6(7)3-10)12-9(11)13/h4-5H,1-2H3,(H3,11,12,13). The molecule has 1 heterocycles. The van der Waals surface area contributed by atoms with Gasteiger partial charge in [-0.2, -0.15) is 5.26 Å². The third-order valence-electron chi connectivity index (χ3n) is 1.79. The highest BCUT2D eigenvalue weighted by molar-refractivity contribution is 7.14. The molecule has 5 heteroatoms. The number of anilines is 1. The van der Waals surface area contributed by atoms with E-state index in [9.17, 15) is 4.79 Å². The van der Waals surface area contributed by atoms with Crippen molar-refractivity contribution < 1.29 is 4.79 Å². The molecule has 0 aliphatic rings. The van der Waals surface area contributed by atoms with E-state index in [1.165, 1.54) is 11.3 Å². The number of nitriles is 1. The lowest BCUT2D eigenvalue weighted by Crippen LogP contribution is -2.19. The van der Waals surface area contributed by atoms with Gasteiger partial charge in [-0.1, -0.05) is 13.8 Å². The van der Waals surface area contributed by atoms with Gasteiger partial charge in [-0.3, -0.25) is 5.32 Å². The van der Waals surface area contributed by atoms with Gasteiger partial charge in [-0.25, -0.2) is 4.79 Å². The number of thiophene rings is 1. The first-order valence-electron chi connectivity index (χ1n) is 4.14. The molecular formula is C9H11N3OS. The number of amides is 2. The second kappa shape index (κ2) is 4.11. The number of carbonyl (C=O) groups is 1. The number of nitrogens with two attached hydrogens (primary N) is 1. The summed E-state index contributed by atoms with van der Waals surface area (Å²) in [4.78, 5) is 10.6. The Morgan fingerprint density at radius 2 is 2.36 bits per heavy atom. The lowest BCUT2D eigenvalue weighted by Gasteiger charge is -2.02. The quantitative estimate of drug-likeness (QED) is 0.783. The molecular weight excluding hydrogens is 198 g/mol. The van der Waals surface area contributed by atoms with Crippen LogP contribution in [0.4, 0.5) is 9.80 Å². The number of nitrogens with one attached hydrogen (secondary N) is 1. The van der Waals surface area contributed by atoms with Crippen LogP contribution in [0.1, 0.15) is 30.9 Å². The molecule has 0 atom stereocenters. The van der Waals surface area contributed by atoms with E-state index in [2.05, 4.69) is 11.4 Å². The van der Waals surface area contributed by atoms with Crippen LogP contribution in [0, 0.1) is 11.3 Å². The number of hydrogen-bond acceptors (Lipinski definition) is 3. The normalized spacial score (nSPS) is 9.86. The molecule has 0 aliphatic carbocycles. The van der Waals surface area contributed by atoms with Crippen molar-refractivity contribution in [1.82, 2.24) is 0 Å². The average Bonchev–Trinajstić information content (AvgIpc) is 2.46. The van der Waals surface area contributed by atoms with Gasteiger partial charge in [0.05, 0.1) is 5.56 Å². The fraction of sp³-hybridized carbons (Fsp3) is 0.333. The van der Waals surface area contributed by atoms with Crippen molar-refractivity contribution in [2.24, 2.45) is 5.73 Å². The van der Waals surface area contributed by atoms with Gasteiger partial charge in [-0.05, 0) is 16.9 Å². The van der Waals surface area contributed by atoms with Gasteiger partial charge in [-0.15, -0.1) is 11.3 Å². The van der Waals surface area contributed by atoms with E-state index in [0.29, 0.717) is 10.6 Å². The molecule has 0 saturated carbocycles. The zero-order chi connectivity index (χ0) is 10.7. The predicted molar refractivity (Wildman–Crippen MR) is 56.3 cm³/mol. The van der Waals surface area contributed by atoms with Crippen molar-refractivity contribution in [3.63, 3.8) is 0 Å². The Hall–Kier alpha value is -1.54. The summed E-state index contributed by atoms with van der Waals surface area (Å²) in [6.07, 6.45) is 0. The Morgan fingerprint density at radius 3 is 2.79 bits per heavy atom. The second-order valence-corrected chi connectivity index (χ2v) is 4.03. The summed E-state index contributed by atoms with van der Waals surface area (Å²) in [7, 11) is 0. The highest BCUT2D eigenvalue weighted by Crippen LogP contribution is 2.31. The second-order valence-electron chi connectivity index (χ2n) is 3.15. The van der Waals surface area contributed by atoms with E-state index in [-0.39, 0.29) is 5.92 Å². The lowest BCUT2D eigenvalue weighted by atomic mass is 10.0. The van der Waals surface area contributed by atoms with Crippen molar-refractivity contribution in [2.45, 2.75) is 19.8 Å². The molecule has 0 fully saturated rings. The minimum absolute atomic E-state index is 0.268. The first-order chi connectivity index (χ1) is 6.56. The smallest absolute Gasteiger partial charge is 0.317 e. The summed E-state index contributed by atoms with van der Waals surface area (Å²) in [5, 5.41) is 13.7. The molecule has 3 N–H and O–H groups in total. The van der Waals surface area contributed by atoms with Crippen LogP contribution < -0.4 is 11.1 Å². The highest BCUT2D eigenvalue weighted by atomic mass is 32.1. The number of hydrogen-bond donors (Lipinski definition) is 2. The number of rotatable bonds is 2. The van der Waals surface area contributed by atoms with Crippen LogP contribution in [0.5, 0.6) is 0 Å². The van der Waals surface area contributed by atoms with Crippen LogP contribution in [-0.2, 0) is 0 Å². The number of urea groups is 1. The minimum atomic E-state index is -0.640. The summed E-state index contributed by atoms with van der Waals surface area (Å²) in [5.41, 5.74) is 6.44. The first kappa shape index (κ1) is 10.5. The third kappa shape index (κ3) is 2.03. The molecule has 0 bridgehead atoms. The van der Waals surface area contributed by atoms with Gasteiger partial charge in [0, 0.05) is 0 Å². The first-order valence-corrected chi connectivity index (χ1v) is 5.02. The maximum atomic E-state index is 10.6. The molecule has 14 heavy (non-hydrogen) atoms. The molecule has 1 aromatic rings. The van der Waals surface area contributed by atoms with E-state index in [1.54, 1.807) is 0 Å². The Labute approximate surface area is 86.3 Å². The summed E-state index contributed by atoms with van der Waals surface area (Å²) in [5.74, 6) is 0.268. The number of nitrogens with zero attached hydrogens (tertiary/aromatic N) is 1. The van der Waals surface area contributed by atoms with Gasteiger partial charge in [0.25, 0.3) is 0 Å². The summed E-state index contributed by atoms with van der Waals surface area (Å²) in [6, 6.07) is 1.43. The van der Waals surface area contributed by atoms with Crippen LogP contribution in [0.3, 0.4) is 0 Å². The molecule has 0 saturated heterocycles. The Bertz CT molecular complexity index is 389. The molecule has 0 radical (unpaired) electrons. The predicted octanol–water partition coefficient (Wildman–Crippen LogP) is 2.23. The Morgan fingerprint density at radius 1 is 1.71 bits per heavy atom. The lowest BCUT2D eigenvalue weighted by molar-refractivity contribution is 0.259. The maximum Gasteiger partial charge on any atom is 0.317 e. The van der Waals surface area contributed by atoms with E-state index in [1.807, 2.05) is 19.2 Å². The molecule has 0 unspecified atom stereocenters. The van der Waals surface area contributed by atoms with Crippen molar-refractivity contribution in [1.29, 1.82) is 5.26 Å².